The van der Waals surface area contributed by atoms with Gasteiger partial charge in [0.2, 0.25) is 10.0 Å². The molecule has 0 aliphatic rings. The summed E-state index contributed by atoms with van der Waals surface area (Å²) in [6.07, 6.45) is 0.405. The number of anilines is 1. The van der Waals surface area contributed by atoms with Gasteiger partial charge in [-0.2, -0.15) is 0 Å². The molecule has 9 heteroatoms. The van der Waals surface area contributed by atoms with Gasteiger partial charge in [0.1, 0.15) is 0 Å². The fourth-order valence-electron chi connectivity index (χ4n) is 1.43. The van der Waals surface area contributed by atoms with Gasteiger partial charge in [-0.25, -0.2) is 22.0 Å². The van der Waals surface area contributed by atoms with Gasteiger partial charge in [0.25, 0.3) is 0 Å². The van der Waals surface area contributed by atoms with Crippen molar-refractivity contribution in [3.8, 4) is 0 Å². The molecule has 19 heavy (non-hydrogen) atoms. The van der Waals surface area contributed by atoms with Crippen LogP contribution in [0.15, 0.2) is 23.1 Å². The second kappa shape index (κ2) is 6.08. The van der Waals surface area contributed by atoms with E-state index in [4.69, 9.17) is 22.5 Å². The van der Waals surface area contributed by atoms with Crippen LogP contribution in [0.4, 0.5) is 5.69 Å². The Balaban J connectivity index is 2.68. The van der Waals surface area contributed by atoms with E-state index in [-0.39, 0.29) is 40.0 Å². The first-order valence-corrected chi connectivity index (χ1v) is 9.15. The van der Waals surface area contributed by atoms with Crippen molar-refractivity contribution in [1.29, 1.82) is 0 Å². The summed E-state index contributed by atoms with van der Waals surface area (Å²) in [5, 5.41) is 5.11. The van der Waals surface area contributed by atoms with E-state index in [1.165, 1.54) is 18.2 Å². The van der Waals surface area contributed by atoms with Crippen LogP contribution in [0.3, 0.4) is 0 Å². The predicted octanol–water partition coefficient (Wildman–Crippen LogP) is 0.765. The van der Waals surface area contributed by atoms with E-state index in [0.717, 1.165) is 0 Å². The first-order chi connectivity index (χ1) is 8.62. The van der Waals surface area contributed by atoms with Crippen LogP contribution in [0.5, 0.6) is 0 Å². The summed E-state index contributed by atoms with van der Waals surface area (Å²) in [6, 6.07) is 4.07. The van der Waals surface area contributed by atoms with Crippen molar-refractivity contribution < 1.29 is 16.8 Å². The fraction of sp³-hybridized carbons (Fsp3) is 0.400. The molecule has 0 bridgehead atoms. The summed E-state index contributed by atoms with van der Waals surface area (Å²) in [4.78, 5) is 0.0741. The van der Waals surface area contributed by atoms with Crippen LogP contribution in [-0.4, -0.2) is 28.3 Å². The Bertz CT molecular complexity index is 656. The minimum atomic E-state index is -3.55. The molecule has 0 heterocycles. The number of sulfonamides is 1. The van der Waals surface area contributed by atoms with E-state index in [1.807, 2.05) is 0 Å². The maximum Gasteiger partial charge on any atom is 0.209 e. The topological polar surface area (TPSA) is 120 Å². The molecule has 1 rings (SSSR count). The molecular formula is C10H15ClN2O4S2. The van der Waals surface area contributed by atoms with Gasteiger partial charge in [0.15, 0.2) is 9.84 Å². The molecule has 0 aliphatic carbocycles. The molecule has 0 aromatic heterocycles. The van der Waals surface area contributed by atoms with E-state index in [1.54, 1.807) is 0 Å². The van der Waals surface area contributed by atoms with Crippen molar-refractivity contribution in [2.24, 2.45) is 5.14 Å². The number of rotatable bonds is 6. The highest BCUT2D eigenvalue weighted by Crippen LogP contribution is 2.23. The van der Waals surface area contributed by atoms with E-state index in [9.17, 15) is 16.8 Å². The third kappa shape index (κ3) is 5.35. The van der Waals surface area contributed by atoms with Gasteiger partial charge in [0.05, 0.1) is 27.1 Å². The van der Waals surface area contributed by atoms with Crippen LogP contribution < -0.4 is 10.9 Å². The molecule has 0 amide bonds. The largest absolute Gasteiger partial charge is 0.397 e. The fourth-order valence-corrected chi connectivity index (χ4v) is 3.55. The van der Waals surface area contributed by atoms with E-state index < -0.39 is 19.9 Å². The molecule has 0 saturated heterocycles. The molecule has 0 atom stereocenters. The average molecular weight is 327 g/mol. The van der Waals surface area contributed by atoms with Crippen LogP contribution in [-0.2, 0) is 19.9 Å². The van der Waals surface area contributed by atoms with Crippen LogP contribution in [0.25, 0.3) is 0 Å². The van der Waals surface area contributed by atoms with Crippen LogP contribution in [0.2, 0.25) is 5.02 Å². The lowest BCUT2D eigenvalue weighted by Crippen LogP contribution is -2.17. The number of hydrogen-bond donors (Lipinski definition) is 2. The SMILES string of the molecule is Nc1cc(S(=O)(=O)CCCCS(N)(=O)=O)ccc1Cl. The standard InChI is InChI=1S/C10H15ClN2O4S2/c11-9-4-3-8(7-10(9)12)18(14,15)5-1-2-6-19(13,16)17/h3-4,7H,1-2,5-6,12H2,(H2,13,16,17). The third-order valence-electron chi connectivity index (χ3n) is 2.42. The molecule has 0 spiro atoms. The van der Waals surface area contributed by atoms with Gasteiger partial charge in [-0.3, -0.25) is 0 Å². The minimum absolute atomic E-state index is 0.0741. The second-order valence-electron chi connectivity index (χ2n) is 4.08. The molecule has 0 radical (unpaired) electrons. The Kier molecular flexibility index (Phi) is 5.19. The maximum absolute atomic E-state index is 11.9. The van der Waals surface area contributed by atoms with Crippen LogP contribution in [0.1, 0.15) is 12.8 Å². The van der Waals surface area contributed by atoms with Crippen molar-refractivity contribution in [1.82, 2.24) is 0 Å². The average Bonchev–Trinajstić information content (AvgIpc) is 2.27. The molecular weight excluding hydrogens is 312 g/mol. The number of sulfone groups is 1. The Morgan fingerprint density at radius 2 is 1.63 bits per heavy atom. The first-order valence-electron chi connectivity index (χ1n) is 5.40. The Labute approximate surface area is 117 Å². The zero-order chi connectivity index (χ0) is 14.7. The first kappa shape index (κ1) is 16.2. The lowest BCUT2D eigenvalue weighted by Gasteiger charge is -2.06. The summed E-state index contributed by atoms with van der Waals surface area (Å²) in [6.45, 7) is 0. The molecule has 0 fully saturated rings. The van der Waals surface area contributed by atoms with Crippen molar-refractivity contribution in [3.63, 3.8) is 0 Å². The molecule has 0 unspecified atom stereocenters. The summed E-state index contributed by atoms with van der Waals surface area (Å²) in [5.74, 6) is -0.394. The molecule has 1 aromatic carbocycles. The summed E-state index contributed by atoms with van der Waals surface area (Å²) in [5.41, 5.74) is 5.72. The van der Waals surface area contributed by atoms with Gasteiger partial charge in [-0.1, -0.05) is 11.6 Å². The smallest absolute Gasteiger partial charge is 0.209 e. The molecule has 1 aromatic rings. The van der Waals surface area contributed by atoms with Crippen molar-refractivity contribution in [2.75, 3.05) is 17.2 Å². The number of benzene rings is 1. The highest BCUT2D eigenvalue weighted by atomic mass is 35.5. The minimum Gasteiger partial charge on any atom is -0.397 e. The number of halogens is 1. The highest BCUT2D eigenvalue weighted by molar-refractivity contribution is 7.91. The highest BCUT2D eigenvalue weighted by Gasteiger charge is 2.15. The summed E-state index contributed by atoms with van der Waals surface area (Å²) >= 11 is 5.71. The van der Waals surface area contributed by atoms with Crippen LogP contribution >= 0.6 is 11.6 Å². The second-order valence-corrected chi connectivity index (χ2v) is 8.33. The zero-order valence-corrected chi connectivity index (χ0v) is 12.4. The van der Waals surface area contributed by atoms with E-state index in [2.05, 4.69) is 0 Å². The number of primary sulfonamides is 1. The van der Waals surface area contributed by atoms with Crippen molar-refractivity contribution >= 4 is 37.1 Å². The molecule has 0 saturated carbocycles. The third-order valence-corrected chi connectivity index (χ3v) is 5.42. The van der Waals surface area contributed by atoms with E-state index in [0.29, 0.717) is 0 Å². The molecule has 0 aliphatic heterocycles. The summed E-state index contributed by atoms with van der Waals surface area (Å²) < 4.78 is 45.3. The van der Waals surface area contributed by atoms with Gasteiger partial charge in [-0.15, -0.1) is 0 Å². The van der Waals surface area contributed by atoms with E-state index >= 15 is 0 Å². The maximum atomic E-state index is 11.9. The van der Waals surface area contributed by atoms with Gasteiger partial charge >= 0.3 is 0 Å². The van der Waals surface area contributed by atoms with Crippen molar-refractivity contribution in [2.45, 2.75) is 17.7 Å². The molecule has 108 valence electrons. The van der Waals surface area contributed by atoms with Crippen LogP contribution in [0, 0.1) is 0 Å². The quantitative estimate of drug-likeness (QED) is 0.590. The van der Waals surface area contributed by atoms with Gasteiger partial charge < -0.3 is 5.73 Å². The zero-order valence-electron chi connectivity index (χ0n) is 10.0. The summed E-state index contributed by atoms with van der Waals surface area (Å²) in [7, 11) is -7.04. The number of nitrogens with two attached hydrogens (primary N) is 2. The number of unbranched alkanes of at least 4 members (excludes halogenated alkanes) is 1. The molecule has 6 nitrogen and oxygen atoms in total. The Morgan fingerprint density at radius 1 is 1.05 bits per heavy atom. The number of nitrogen functional groups attached to an aromatic ring is 1. The lowest BCUT2D eigenvalue weighted by atomic mass is 10.3. The van der Waals surface area contributed by atoms with Gasteiger partial charge in [0, 0.05) is 0 Å². The predicted molar refractivity (Wildman–Crippen MR) is 75.1 cm³/mol. The Hall–Kier alpha value is -0.830. The Morgan fingerprint density at radius 3 is 2.16 bits per heavy atom. The normalized spacial score (nSPS) is 12.5. The van der Waals surface area contributed by atoms with Crippen molar-refractivity contribution in [3.05, 3.63) is 23.2 Å². The monoisotopic (exact) mass is 326 g/mol. The molecule has 4 N–H and O–H groups in total. The number of hydrogen-bond acceptors (Lipinski definition) is 5. The van der Waals surface area contributed by atoms with Gasteiger partial charge in [-0.05, 0) is 31.0 Å². The lowest BCUT2D eigenvalue weighted by molar-refractivity contribution is 0.586.